The van der Waals surface area contributed by atoms with Gasteiger partial charge in [-0.15, -0.1) is 0 Å². The van der Waals surface area contributed by atoms with Gasteiger partial charge in [-0.25, -0.2) is 4.98 Å². The lowest BCUT2D eigenvalue weighted by molar-refractivity contribution is 0.391. The highest BCUT2D eigenvalue weighted by atomic mass is 79.9. The van der Waals surface area contributed by atoms with Crippen LogP contribution in [0.25, 0.3) is 0 Å². The Morgan fingerprint density at radius 1 is 1.25 bits per heavy atom. The molecule has 0 aliphatic heterocycles. The molecule has 2 rings (SSSR count). The zero-order valence-corrected chi connectivity index (χ0v) is 13.5. The van der Waals surface area contributed by atoms with Gasteiger partial charge in [0.05, 0.1) is 23.7 Å². The highest BCUT2D eigenvalue weighted by molar-refractivity contribution is 9.10. The quantitative estimate of drug-likeness (QED) is 0.874. The maximum atomic E-state index is 5.86. The van der Waals surface area contributed by atoms with E-state index in [0.717, 1.165) is 27.4 Å². The second-order valence-corrected chi connectivity index (χ2v) is 5.31. The first-order valence-corrected chi connectivity index (χ1v) is 7.07. The largest absolute Gasteiger partial charge is 0.497 e. The number of benzene rings is 1. The second kappa shape index (κ2) is 6.81. The predicted octanol–water partition coefficient (Wildman–Crippen LogP) is 4.13. The second-order valence-electron chi connectivity index (χ2n) is 4.02. The number of rotatable bonds is 5. The first-order valence-electron chi connectivity index (χ1n) is 5.90. The molecule has 1 N–H and O–H groups in total. The molecule has 6 heteroatoms. The van der Waals surface area contributed by atoms with Crippen molar-refractivity contribution in [3.8, 4) is 11.5 Å². The van der Waals surface area contributed by atoms with Crippen LogP contribution in [0.1, 0.15) is 5.56 Å². The van der Waals surface area contributed by atoms with E-state index in [1.807, 2.05) is 18.2 Å². The van der Waals surface area contributed by atoms with Crippen molar-refractivity contribution in [3.63, 3.8) is 0 Å². The van der Waals surface area contributed by atoms with Gasteiger partial charge >= 0.3 is 0 Å². The van der Waals surface area contributed by atoms with E-state index in [2.05, 4.69) is 26.2 Å². The lowest BCUT2D eigenvalue weighted by Crippen LogP contribution is -2.04. The van der Waals surface area contributed by atoms with Crippen molar-refractivity contribution in [2.45, 2.75) is 6.54 Å². The zero-order chi connectivity index (χ0) is 14.5. The summed E-state index contributed by atoms with van der Waals surface area (Å²) in [5, 5.41) is 3.82. The van der Waals surface area contributed by atoms with E-state index in [4.69, 9.17) is 21.1 Å². The molecule has 0 fully saturated rings. The van der Waals surface area contributed by atoms with Gasteiger partial charge in [0.1, 0.15) is 17.3 Å². The Balaban J connectivity index is 2.14. The Labute approximate surface area is 131 Å². The molecule has 0 unspecified atom stereocenters. The molecule has 0 saturated heterocycles. The average molecular weight is 358 g/mol. The van der Waals surface area contributed by atoms with Gasteiger partial charge < -0.3 is 14.8 Å². The van der Waals surface area contributed by atoms with Crippen LogP contribution in [0.15, 0.2) is 34.9 Å². The van der Waals surface area contributed by atoms with Gasteiger partial charge in [-0.3, -0.25) is 0 Å². The van der Waals surface area contributed by atoms with Gasteiger partial charge in [0.2, 0.25) is 0 Å². The van der Waals surface area contributed by atoms with Crippen molar-refractivity contribution in [1.82, 2.24) is 4.98 Å². The van der Waals surface area contributed by atoms with E-state index >= 15 is 0 Å². The van der Waals surface area contributed by atoms with Crippen LogP contribution in [-0.4, -0.2) is 19.2 Å². The summed E-state index contributed by atoms with van der Waals surface area (Å²) >= 11 is 9.28. The molecule has 1 heterocycles. The normalized spacial score (nSPS) is 10.2. The molecule has 0 bridgehead atoms. The van der Waals surface area contributed by atoms with Crippen molar-refractivity contribution in [1.29, 1.82) is 0 Å². The molecule has 0 radical (unpaired) electrons. The fourth-order valence-corrected chi connectivity index (χ4v) is 2.50. The van der Waals surface area contributed by atoms with Crippen LogP contribution >= 0.6 is 27.5 Å². The number of nitrogens with one attached hydrogen (secondary N) is 1. The number of methoxy groups -OCH3 is 2. The molecule has 106 valence electrons. The summed E-state index contributed by atoms with van der Waals surface area (Å²) in [6.45, 7) is 0.584. The van der Waals surface area contributed by atoms with Crippen molar-refractivity contribution < 1.29 is 9.47 Å². The monoisotopic (exact) mass is 356 g/mol. The molecule has 0 aliphatic rings. The Kier molecular flexibility index (Phi) is 5.09. The van der Waals surface area contributed by atoms with Crippen LogP contribution in [0.4, 0.5) is 5.82 Å². The van der Waals surface area contributed by atoms with E-state index < -0.39 is 0 Å². The van der Waals surface area contributed by atoms with Gasteiger partial charge in [0, 0.05) is 24.4 Å². The summed E-state index contributed by atoms with van der Waals surface area (Å²) in [7, 11) is 3.26. The van der Waals surface area contributed by atoms with E-state index in [0.29, 0.717) is 11.6 Å². The third kappa shape index (κ3) is 3.55. The fourth-order valence-electron chi connectivity index (χ4n) is 1.72. The molecule has 20 heavy (non-hydrogen) atoms. The first-order chi connectivity index (χ1) is 9.63. The average Bonchev–Trinajstić information content (AvgIpc) is 2.46. The molecule has 2 aromatic rings. The van der Waals surface area contributed by atoms with E-state index in [-0.39, 0.29) is 0 Å². The minimum atomic E-state index is 0.584. The van der Waals surface area contributed by atoms with E-state index in [1.165, 1.54) is 0 Å². The third-order valence-electron chi connectivity index (χ3n) is 2.75. The lowest BCUT2D eigenvalue weighted by Gasteiger charge is -2.12. The van der Waals surface area contributed by atoms with E-state index in [1.54, 1.807) is 26.5 Å². The maximum absolute atomic E-state index is 5.86. The zero-order valence-electron chi connectivity index (χ0n) is 11.1. The Morgan fingerprint density at radius 2 is 2.05 bits per heavy atom. The standard InChI is InChI=1S/C14H14BrClN2O2/c1-19-11-4-3-9(13(6-11)20-2)7-17-14-12(15)5-10(16)8-18-14/h3-6,8H,7H2,1-2H3,(H,17,18). The van der Waals surface area contributed by atoms with Gasteiger partial charge in [0.25, 0.3) is 0 Å². The molecule has 0 amide bonds. The summed E-state index contributed by atoms with van der Waals surface area (Å²) in [5.74, 6) is 2.26. The molecule has 1 aromatic heterocycles. The number of hydrogen-bond acceptors (Lipinski definition) is 4. The van der Waals surface area contributed by atoms with Crippen LogP contribution in [0.2, 0.25) is 5.02 Å². The van der Waals surface area contributed by atoms with Crippen molar-refractivity contribution in [2.75, 3.05) is 19.5 Å². The SMILES string of the molecule is COc1ccc(CNc2ncc(Cl)cc2Br)c(OC)c1. The minimum Gasteiger partial charge on any atom is -0.497 e. The van der Waals surface area contributed by atoms with Crippen molar-refractivity contribution in [3.05, 3.63) is 45.5 Å². The Morgan fingerprint density at radius 3 is 2.70 bits per heavy atom. The van der Waals surface area contributed by atoms with Crippen LogP contribution < -0.4 is 14.8 Å². The highest BCUT2D eigenvalue weighted by Gasteiger charge is 2.07. The highest BCUT2D eigenvalue weighted by Crippen LogP contribution is 2.27. The maximum Gasteiger partial charge on any atom is 0.140 e. The number of nitrogens with zero attached hydrogens (tertiary/aromatic N) is 1. The van der Waals surface area contributed by atoms with Crippen LogP contribution in [0.3, 0.4) is 0 Å². The van der Waals surface area contributed by atoms with E-state index in [9.17, 15) is 0 Å². The number of anilines is 1. The number of ether oxygens (including phenoxy) is 2. The van der Waals surface area contributed by atoms with Gasteiger partial charge in [-0.2, -0.15) is 0 Å². The molecule has 4 nitrogen and oxygen atoms in total. The fraction of sp³-hybridized carbons (Fsp3) is 0.214. The summed E-state index contributed by atoms with van der Waals surface area (Å²) in [5.41, 5.74) is 1.01. The Hall–Kier alpha value is -1.46. The summed E-state index contributed by atoms with van der Waals surface area (Å²) in [6, 6.07) is 7.49. The summed E-state index contributed by atoms with van der Waals surface area (Å²) in [4.78, 5) is 4.23. The van der Waals surface area contributed by atoms with Gasteiger partial charge in [-0.1, -0.05) is 11.6 Å². The number of halogens is 2. The van der Waals surface area contributed by atoms with Crippen LogP contribution in [-0.2, 0) is 6.54 Å². The summed E-state index contributed by atoms with van der Waals surface area (Å²) < 4.78 is 11.3. The topological polar surface area (TPSA) is 43.4 Å². The molecule has 0 atom stereocenters. The molecule has 0 spiro atoms. The van der Waals surface area contributed by atoms with Gasteiger partial charge in [-0.05, 0) is 34.1 Å². The van der Waals surface area contributed by atoms with Crippen LogP contribution in [0, 0.1) is 0 Å². The number of hydrogen-bond donors (Lipinski definition) is 1. The van der Waals surface area contributed by atoms with Crippen molar-refractivity contribution in [2.24, 2.45) is 0 Å². The minimum absolute atomic E-state index is 0.584. The van der Waals surface area contributed by atoms with Crippen LogP contribution in [0.5, 0.6) is 11.5 Å². The van der Waals surface area contributed by atoms with Gasteiger partial charge in [0.15, 0.2) is 0 Å². The third-order valence-corrected chi connectivity index (χ3v) is 3.56. The first kappa shape index (κ1) is 14.9. The molecule has 0 saturated carbocycles. The number of pyridine rings is 1. The smallest absolute Gasteiger partial charge is 0.140 e. The van der Waals surface area contributed by atoms with Crippen molar-refractivity contribution >= 4 is 33.3 Å². The lowest BCUT2D eigenvalue weighted by atomic mass is 10.2. The molecule has 1 aromatic carbocycles. The number of aromatic nitrogens is 1. The molecular formula is C14H14BrClN2O2. The molecule has 0 aliphatic carbocycles. The predicted molar refractivity (Wildman–Crippen MR) is 83.8 cm³/mol. The molecular weight excluding hydrogens is 344 g/mol. The Bertz CT molecular complexity index is 608. The summed E-state index contributed by atoms with van der Waals surface area (Å²) in [6.07, 6.45) is 1.60.